The Balaban J connectivity index is 2.92. The lowest BCUT2D eigenvalue weighted by atomic mass is 9.87. The van der Waals surface area contributed by atoms with Gasteiger partial charge in [0.25, 0.3) is 0 Å². The van der Waals surface area contributed by atoms with Crippen LogP contribution in [0.2, 0.25) is 13.1 Å². The van der Waals surface area contributed by atoms with E-state index in [2.05, 4.69) is 52.7 Å². The Hall–Kier alpha value is -0.713. The topological polar surface area (TPSA) is 42.4 Å². The zero-order valence-electron chi connectivity index (χ0n) is 14.5. The fourth-order valence-electron chi connectivity index (χ4n) is 2.27. The first-order valence-corrected chi connectivity index (χ1v) is 10.1. The van der Waals surface area contributed by atoms with Crippen molar-refractivity contribution in [3.8, 4) is 0 Å². The highest BCUT2D eigenvalue weighted by atomic mass is 28.3. The maximum absolute atomic E-state index is 10.2. The van der Waals surface area contributed by atoms with E-state index >= 15 is 0 Å². The quantitative estimate of drug-likeness (QED) is 0.786. The molecule has 0 aliphatic rings. The van der Waals surface area contributed by atoms with E-state index in [0.717, 1.165) is 17.7 Å². The molecule has 0 spiro atoms. The van der Waals surface area contributed by atoms with Crippen LogP contribution in [0.15, 0.2) is 18.3 Å². The molecule has 0 saturated carbocycles. The molecule has 119 valence electrons. The molecule has 1 radical (unpaired) electrons. The summed E-state index contributed by atoms with van der Waals surface area (Å²) in [6.45, 7) is 15.0. The molecule has 4 heteroatoms. The molecule has 2 atom stereocenters. The van der Waals surface area contributed by atoms with Crippen LogP contribution in [0.1, 0.15) is 64.5 Å². The van der Waals surface area contributed by atoms with Gasteiger partial charge in [-0.15, -0.1) is 0 Å². The van der Waals surface area contributed by atoms with E-state index in [9.17, 15) is 5.11 Å². The first-order chi connectivity index (χ1) is 9.61. The minimum Gasteiger partial charge on any atom is -0.408 e. The average molecular weight is 309 g/mol. The van der Waals surface area contributed by atoms with Crippen molar-refractivity contribution in [1.82, 2.24) is 4.98 Å². The van der Waals surface area contributed by atoms with Crippen molar-refractivity contribution >= 4 is 9.04 Å². The van der Waals surface area contributed by atoms with Crippen molar-refractivity contribution in [2.75, 3.05) is 0 Å². The van der Waals surface area contributed by atoms with Crippen LogP contribution in [0.3, 0.4) is 0 Å². The number of rotatable bonds is 6. The third-order valence-electron chi connectivity index (χ3n) is 3.30. The summed E-state index contributed by atoms with van der Waals surface area (Å²) in [5.74, 6) is 0.468. The van der Waals surface area contributed by atoms with Crippen LogP contribution >= 0.6 is 0 Å². The third kappa shape index (κ3) is 5.89. The molecule has 0 bridgehead atoms. The van der Waals surface area contributed by atoms with Crippen LogP contribution in [-0.4, -0.2) is 19.1 Å². The summed E-state index contributed by atoms with van der Waals surface area (Å²) in [5, 5.41) is 10.2. The van der Waals surface area contributed by atoms with Gasteiger partial charge in [0.1, 0.15) is 0 Å². The van der Waals surface area contributed by atoms with E-state index in [1.807, 2.05) is 12.1 Å². The zero-order chi connectivity index (χ0) is 16.2. The number of aliphatic hydroxyl groups is 1. The summed E-state index contributed by atoms with van der Waals surface area (Å²) in [5.41, 5.74) is 1.85. The molecule has 1 aromatic heterocycles. The summed E-state index contributed by atoms with van der Waals surface area (Å²) < 4.78 is 6.14. The predicted molar refractivity (Wildman–Crippen MR) is 89.4 cm³/mol. The van der Waals surface area contributed by atoms with E-state index in [0.29, 0.717) is 5.92 Å². The van der Waals surface area contributed by atoms with E-state index in [-0.39, 0.29) is 11.5 Å². The van der Waals surface area contributed by atoms with Gasteiger partial charge in [-0.25, -0.2) is 0 Å². The van der Waals surface area contributed by atoms with Crippen LogP contribution < -0.4 is 0 Å². The monoisotopic (exact) mass is 308 g/mol. The van der Waals surface area contributed by atoms with Crippen molar-refractivity contribution in [2.45, 2.75) is 66.3 Å². The molecule has 0 aromatic carbocycles. The van der Waals surface area contributed by atoms with E-state index in [4.69, 9.17) is 4.43 Å². The van der Waals surface area contributed by atoms with Crippen LogP contribution in [0.4, 0.5) is 0 Å². The minimum absolute atomic E-state index is 0.00215. The number of hydrogen-bond acceptors (Lipinski definition) is 3. The van der Waals surface area contributed by atoms with Gasteiger partial charge in [-0.05, 0) is 42.5 Å². The standard InChI is InChI=1S/C17H30NO2Si/c1-12(2)10-15(19)13-8-9-14(18-11-13)16(17(3,4)5)20-21(6)7/h8-9,11-12,15-16,19H,10H2,1-7H3. The Morgan fingerprint density at radius 1 is 1.24 bits per heavy atom. The molecule has 21 heavy (non-hydrogen) atoms. The van der Waals surface area contributed by atoms with Crippen LogP contribution in [0.5, 0.6) is 0 Å². The van der Waals surface area contributed by atoms with Gasteiger partial charge in [-0.1, -0.05) is 40.7 Å². The van der Waals surface area contributed by atoms with Gasteiger partial charge >= 0.3 is 0 Å². The second kappa shape index (κ2) is 7.52. The SMILES string of the molecule is CC(C)CC(O)c1ccc(C(O[Si](C)C)C(C)(C)C)nc1. The molecule has 0 aliphatic heterocycles. The Morgan fingerprint density at radius 3 is 2.24 bits per heavy atom. The first-order valence-electron chi connectivity index (χ1n) is 7.72. The van der Waals surface area contributed by atoms with Crippen molar-refractivity contribution in [1.29, 1.82) is 0 Å². The predicted octanol–water partition coefficient (Wildman–Crippen LogP) is 4.52. The van der Waals surface area contributed by atoms with Gasteiger partial charge in [0.15, 0.2) is 0 Å². The van der Waals surface area contributed by atoms with E-state index < -0.39 is 15.1 Å². The van der Waals surface area contributed by atoms with Crippen molar-refractivity contribution < 1.29 is 9.53 Å². The summed E-state index contributed by atoms with van der Waals surface area (Å²) in [6, 6.07) is 3.98. The average Bonchev–Trinajstić information content (AvgIpc) is 2.34. The minimum atomic E-state index is -0.794. The molecular weight excluding hydrogens is 278 g/mol. The molecule has 2 unspecified atom stereocenters. The number of aliphatic hydroxyl groups excluding tert-OH is 1. The van der Waals surface area contributed by atoms with Crippen LogP contribution in [0, 0.1) is 11.3 Å². The lowest BCUT2D eigenvalue weighted by molar-refractivity contribution is 0.0825. The fraction of sp³-hybridized carbons (Fsp3) is 0.706. The van der Waals surface area contributed by atoms with Crippen LogP contribution in [-0.2, 0) is 4.43 Å². The molecule has 0 aliphatic carbocycles. The lowest BCUT2D eigenvalue weighted by Gasteiger charge is -2.32. The maximum Gasteiger partial charge on any atom is 0.205 e. The van der Waals surface area contributed by atoms with Crippen molar-refractivity contribution in [2.24, 2.45) is 11.3 Å². The molecule has 0 saturated heterocycles. The Labute approximate surface area is 131 Å². The van der Waals surface area contributed by atoms with Crippen molar-refractivity contribution in [3.63, 3.8) is 0 Å². The highest BCUT2D eigenvalue weighted by Crippen LogP contribution is 2.36. The Morgan fingerprint density at radius 2 is 1.86 bits per heavy atom. The molecule has 0 amide bonds. The van der Waals surface area contributed by atoms with Gasteiger partial charge < -0.3 is 9.53 Å². The molecule has 1 aromatic rings. The van der Waals surface area contributed by atoms with Gasteiger partial charge in [0.05, 0.1) is 17.9 Å². The molecular formula is C17H30NO2Si. The molecule has 1 rings (SSSR count). The number of pyridine rings is 1. The lowest BCUT2D eigenvalue weighted by Crippen LogP contribution is -2.26. The summed E-state index contributed by atoms with van der Waals surface area (Å²) in [4.78, 5) is 4.56. The normalized spacial score (nSPS) is 15.5. The van der Waals surface area contributed by atoms with Crippen molar-refractivity contribution in [3.05, 3.63) is 29.6 Å². The summed E-state index contributed by atoms with van der Waals surface area (Å²) >= 11 is 0. The maximum atomic E-state index is 10.2. The van der Waals surface area contributed by atoms with E-state index in [1.165, 1.54) is 0 Å². The van der Waals surface area contributed by atoms with E-state index in [1.54, 1.807) is 6.20 Å². The Kier molecular flexibility index (Phi) is 6.57. The molecule has 1 heterocycles. The zero-order valence-corrected chi connectivity index (χ0v) is 15.5. The summed E-state index contributed by atoms with van der Waals surface area (Å²) in [6.07, 6.45) is 2.12. The smallest absolute Gasteiger partial charge is 0.205 e. The second-order valence-electron chi connectivity index (χ2n) is 7.43. The van der Waals surface area contributed by atoms with Gasteiger partial charge in [-0.3, -0.25) is 4.98 Å². The third-order valence-corrected chi connectivity index (χ3v) is 4.00. The van der Waals surface area contributed by atoms with Gasteiger partial charge in [0, 0.05) is 6.20 Å². The molecule has 1 N–H and O–H groups in total. The number of hydrogen-bond donors (Lipinski definition) is 1. The van der Waals surface area contributed by atoms with Gasteiger partial charge in [0.2, 0.25) is 9.04 Å². The highest BCUT2D eigenvalue weighted by molar-refractivity contribution is 6.48. The highest BCUT2D eigenvalue weighted by Gasteiger charge is 2.29. The van der Waals surface area contributed by atoms with Crippen LogP contribution in [0.25, 0.3) is 0 Å². The van der Waals surface area contributed by atoms with Gasteiger partial charge in [-0.2, -0.15) is 0 Å². The first kappa shape index (κ1) is 18.3. The fourth-order valence-corrected chi connectivity index (χ4v) is 3.21. The largest absolute Gasteiger partial charge is 0.408 e. The number of nitrogens with zero attached hydrogens (tertiary/aromatic N) is 1. The molecule has 0 fully saturated rings. The molecule has 3 nitrogen and oxygen atoms in total. The Bertz CT molecular complexity index is 423. The number of aromatic nitrogens is 1. The second-order valence-corrected chi connectivity index (χ2v) is 9.49. The summed E-state index contributed by atoms with van der Waals surface area (Å²) in [7, 11) is -0.794.